The summed E-state index contributed by atoms with van der Waals surface area (Å²) in [6, 6.07) is 11.5. The molecule has 0 aromatic heterocycles. The van der Waals surface area contributed by atoms with E-state index >= 15 is 0 Å². The van der Waals surface area contributed by atoms with Gasteiger partial charge in [0, 0.05) is 7.05 Å². The zero-order valence-electron chi connectivity index (χ0n) is 11.1. The number of rotatable bonds is 4. The molecule has 0 aliphatic heterocycles. The lowest BCUT2D eigenvalue weighted by molar-refractivity contribution is -0.121. The van der Waals surface area contributed by atoms with Gasteiger partial charge in [-0.15, -0.1) is 0 Å². The van der Waals surface area contributed by atoms with E-state index in [1.165, 1.54) is 0 Å². The Balaban J connectivity index is 2.24. The molecule has 2 aromatic rings. The molecule has 0 aliphatic rings. The first kappa shape index (κ1) is 13.4. The number of hydrogen-bond donors (Lipinski definition) is 2. The number of carbonyl (C=O) groups is 1. The van der Waals surface area contributed by atoms with Crippen molar-refractivity contribution in [3.63, 3.8) is 0 Å². The standard InChI is InChI=1S/C15H18N2O2/c1-17-15(18)14(16)8-10-3-4-12-9-13(19-2)6-5-11(12)7-10/h3-7,9,14H,8,16H2,1-2H3,(H,17,18). The average Bonchev–Trinajstić information content (AvgIpc) is 2.45. The third-order valence-corrected chi connectivity index (χ3v) is 3.15. The third kappa shape index (κ3) is 3.03. The van der Waals surface area contributed by atoms with Crippen molar-refractivity contribution in [3.05, 3.63) is 42.0 Å². The molecule has 100 valence electrons. The smallest absolute Gasteiger partial charge is 0.237 e. The molecule has 1 atom stereocenters. The molecule has 0 saturated heterocycles. The van der Waals surface area contributed by atoms with E-state index in [-0.39, 0.29) is 5.91 Å². The van der Waals surface area contributed by atoms with Crippen molar-refractivity contribution in [1.82, 2.24) is 5.32 Å². The second-order valence-electron chi connectivity index (χ2n) is 4.47. The molecular weight excluding hydrogens is 240 g/mol. The van der Waals surface area contributed by atoms with Crippen LogP contribution in [0.25, 0.3) is 10.8 Å². The Morgan fingerprint density at radius 2 is 1.95 bits per heavy atom. The fraction of sp³-hybridized carbons (Fsp3) is 0.267. The molecule has 0 fully saturated rings. The molecule has 0 saturated carbocycles. The topological polar surface area (TPSA) is 64.4 Å². The number of nitrogens with two attached hydrogens (primary N) is 1. The van der Waals surface area contributed by atoms with Crippen LogP contribution >= 0.6 is 0 Å². The molecule has 2 aromatic carbocycles. The van der Waals surface area contributed by atoms with Gasteiger partial charge in [0.05, 0.1) is 13.2 Å². The second-order valence-corrected chi connectivity index (χ2v) is 4.47. The highest BCUT2D eigenvalue weighted by Gasteiger charge is 2.12. The molecule has 0 aliphatic carbocycles. The minimum Gasteiger partial charge on any atom is -0.497 e. The van der Waals surface area contributed by atoms with E-state index in [1.54, 1.807) is 14.2 Å². The molecule has 19 heavy (non-hydrogen) atoms. The molecule has 1 amide bonds. The zero-order chi connectivity index (χ0) is 13.8. The third-order valence-electron chi connectivity index (χ3n) is 3.15. The molecule has 0 heterocycles. The van der Waals surface area contributed by atoms with Crippen LogP contribution in [0.5, 0.6) is 5.75 Å². The quantitative estimate of drug-likeness (QED) is 0.872. The number of likely N-dealkylation sites (N-methyl/N-ethyl adjacent to an activating group) is 1. The van der Waals surface area contributed by atoms with E-state index < -0.39 is 6.04 Å². The van der Waals surface area contributed by atoms with Crippen molar-refractivity contribution in [2.45, 2.75) is 12.5 Å². The van der Waals surface area contributed by atoms with Gasteiger partial charge in [-0.25, -0.2) is 0 Å². The first-order valence-electron chi connectivity index (χ1n) is 6.18. The maximum atomic E-state index is 11.4. The minimum absolute atomic E-state index is 0.144. The van der Waals surface area contributed by atoms with Gasteiger partial charge >= 0.3 is 0 Å². The molecule has 0 spiro atoms. The van der Waals surface area contributed by atoms with Crippen molar-refractivity contribution in [1.29, 1.82) is 0 Å². The Labute approximate surface area is 112 Å². The molecule has 3 N–H and O–H groups in total. The van der Waals surface area contributed by atoms with Crippen LogP contribution in [-0.4, -0.2) is 26.1 Å². The largest absolute Gasteiger partial charge is 0.497 e. The van der Waals surface area contributed by atoms with Gasteiger partial charge < -0.3 is 15.8 Å². The highest BCUT2D eigenvalue weighted by Crippen LogP contribution is 2.22. The van der Waals surface area contributed by atoms with Crippen molar-refractivity contribution in [2.75, 3.05) is 14.2 Å². The number of fused-ring (bicyclic) bond motifs is 1. The predicted octanol–water partition coefficient (Wildman–Crippen LogP) is 1.46. The van der Waals surface area contributed by atoms with Crippen molar-refractivity contribution >= 4 is 16.7 Å². The molecular formula is C15H18N2O2. The summed E-state index contributed by atoms with van der Waals surface area (Å²) in [6.07, 6.45) is 0.529. The number of nitrogens with one attached hydrogen (secondary N) is 1. The molecule has 0 radical (unpaired) electrons. The number of carbonyl (C=O) groups excluding carboxylic acids is 1. The summed E-state index contributed by atoms with van der Waals surface area (Å²) in [5, 5.41) is 4.78. The number of methoxy groups -OCH3 is 1. The van der Waals surface area contributed by atoms with Crippen LogP contribution in [0.3, 0.4) is 0 Å². The summed E-state index contributed by atoms with van der Waals surface area (Å²) in [5.41, 5.74) is 6.87. The van der Waals surface area contributed by atoms with Crippen LogP contribution in [0.4, 0.5) is 0 Å². The summed E-state index contributed by atoms with van der Waals surface area (Å²) in [6.45, 7) is 0. The summed E-state index contributed by atoms with van der Waals surface area (Å²) >= 11 is 0. The highest BCUT2D eigenvalue weighted by molar-refractivity contribution is 5.85. The maximum Gasteiger partial charge on any atom is 0.237 e. The first-order valence-corrected chi connectivity index (χ1v) is 6.18. The normalized spacial score (nSPS) is 12.2. The highest BCUT2D eigenvalue weighted by atomic mass is 16.5. The van der Waals surface area contributed by atoms with Crippen molar-refractivity contribution in [2.24, 2.45) is 5.73 Å². The zero-order valence-corrected chi connectivity index (χ0v) is 11.1. The predicted molar refractivity (Wildman–Crippen MR) is 76.2 cm³/mol. The maximum absolute atomic E-state index is 11.4. The lowest BCUT2D eigenvalue weighted by atomic mass is 10.0. The van der Waals surface area contributed by atoms with Gasteiger partial charge in [-0.2, -0.15) is 0 Å². The lowest BCUT2D eigenvalue weighted by Crippen LogP contribution is -2.40. The van der Waals surface area contributed by atoms with Crippen LogP contribution in [0.1, 0.15) is 5.56 Å². The Hall–Kier alpha value is -2.07. The van der Waals surface area contributed by atoms with Gasteiger partial charge in [-0.1, -0.05) is 24.3 Å². The summed E-state index contributed by atoms with van der Waals surface area (Å²) < 4.78 is 5.19. The average molecular weight is 258 g/mol. The van der Waals surface area contributed by atoms with Crippen LogP contribution in [0, 0.1) is 0 Å². The fourth-order valence-electron chi connectivity index (χ4n) is 2.06. The number of hydrogen-bond acceptors (Lipinski definition) is 3. The van der Waals surface area contributed by atoms with Gasteiger partial charge in [0.15, 0.2) is 0 Å². The Kier molecular flexibility index (Phi) is 4.02. The Bertz CT molecular complexity index is 596. The van der Waals surface area contributed by atoms with E-state index in [4.69, 9.17) is 10.5 Å². The van der Waals surface area contributed by atoms with Crippen LogP contribution in [0.15, 0.2) is 36.4 Å². The summed E-state index contributed by atoms with van der Waals surface area (Å²) in [5.74, 6) is 0.692. The minimum atomic E-state index is -0.513. The van der Waals surface area contributed by atoms with Gasteiger partial charge in [-0.05, 0) is 34.9 Å². The van der Waals surface area contributed by atoms with Crippen LogP contribution in [-0.2, 0) is 11.2 Å². The SMILES string of the molecule is CNC(=O)C(N)Cc1ccc2cc(OC)ccc2c1. The van der Waals surface area contributed by atoms with Crippen LogP contribution in [0.2, 0.25) is 0 Å². The van der Waals surface area contributed by atoms with E-state index in [9.17, 15) is 4.79 Å². The van der Waals surface area contributed by atoms with Crippen molar-refractivity contribution in [3.8, 4) is 5.75 Å². The Morgan fingerprint density at radius 3 is 2.63 bits per heavy atom. The molecule has 0 bridgehead atoms. The molecule has 4 nitrogen and oxygen atoms in total. The monoisotopic (exact) mass is 258 g/mol. The van der Waals surface area contributed by atoms with Gasteiger partial charge in [0.25, 0.3) is 0 Å². The summed E-state index contributed by atoms with van der Waals surface area (Å²) in [4.78, 5) is 11.4. The number of ether oxygens (including phenoxy) is 1. The first-order chi connectivity index (χ1) is 9.13. The van der Waals surface area contributed by atoms with Crippen molar-refractivity contribution < 1.29 is 9.53 Å². The van der Waals surface area contributed by atoms with E-state index in [2.05, 4.69) is 11.4 Å². The Morgan fingerprint density at radius 1 is 1.26 bits per heavy atom. The number of benzene rings is 2. The van der Waals surface area contributed by atoms with Gasteiger partial charge in [-0.3, -0.25) is 4.79 Å². The van der Waals surface area contributed by atoms with Gasteiger partial charge in [0.1, 0.15) is 5.75 Å². The van der Waals surface area contributed by atoms with E-state index in [0.29, 0.717) is 6.42 Å². The number of amides is 1. The van der Waals surface area contributed by atoms with Gasteiger partial charge in [0.2, 0.25) is 5.91 Å². The van der Waals surface area contributed by atoms with E-state index in [1.807, 2.05) is 30.3 Å². The molecule has 1 unspecified atom stereocenters. The molecule has 4 heteroatoms. The summed E-state index contributed by atoms with van der Waals surface area (Å²) in [7, 11) is 3.24. The van der Waals surface area contributed by atoms with E-state index in [0.717, 1.165) is 22.1 Å². The fourth-order valence-corrected chi connectivity index (χ4v) is 2.06. The lowest BCUT2D eigenvalue weighted by Gasteiger charge is -2.11. The van der Waals surface area contributed by atoms with Crippen LogP contribution < -0.4 is 15.8 Å². The second kappa shape index (κ2) is 5.71. The molecule has 2 rings (SSSR count).